The Balaban J connectivity index is 1.91. The summed E-state index contributed by atoms with van der Waals surface area (Å²) in [5.74, 6) is 0.324. The van der Waals surface area contributed by atoms with Crippen molar-refractivity contribution in [1.29, 1.82) is 0 Å². The molecule has 0 atom stereocenters. The molecule has 0 spiro atoms. The van der Waals surface area contributed by atoms with Gasteiger partial charge in [0.1, 0.15) is 11.4 Å². The molecule has 108 valence electrons. The zero-order valence-electron chi connectivity index (χ0n) is 11.8. The van der Waals surface area contributed by atoms with Gasteiger partial charge in [0.05, 0.1) is 6.61 Å². The van der Waals surface area contributed by atoms with E-state index in [2.05, 4.69) is 10.3 Å². The van der Waals surface area contributed by atoms with Gasteiger partial charge in [0.25, 0.3) is 0 Å². The van der Waals surface area contributed by atoms with E-state index in [1.807, 2.05) is 0 Å². The van der Waals surface area contributed by atoms with Crippen LogP contribution >= 0.6 is 0 Å². The highest BCUT2D eigenvalue weighted by molar-refractivity contribution is 6.03. The van der Waals surface area contributed by atoms with Crippen molar-refractivity contribution in [2.45, 2.75) is 45.4 Å². The van der Waals surface area contributed by atoms with E-state index in [4.69, 9.17) is 4.74 Å². The Hall–Kier alpha value is -1.78. The number of rotatable bonds is 4. The molecule has 0 bridgehead atoms. The highest BCUT2D eigenvalue weighted by Crippen LogP contribution is 2.33. The van der Waals surface area contributed by atoms with Gasteiger partial charge >= 0.3 is 5.97 Å². The molecule has 1 aromatic rings. The Morgan fingerprint density at radius 1 is 1.30 bits per heavy atom. The first kappa shape index (κ1) is 13.2. The number of aromatic amines is 1. The van der Waals surface area contributed by atoms with Gasteiger partial charge in [-0.1, -0.05) is 0 Å². The summed E-state index contributed by atoms with van der Waals surface area (Å²) in [5, 5.41) is 2.87. The Kier molecular flexibility index (Phi) is 3.51. The fourth-order valence-corrected chi connectivity index (χ4v) is 2.78. The number of H-pyrrole nitrogens is 1. The first-order valence-corrected chi connectivity index (χ1v) is 7.42. The Bertz CT molecular complexity index is 544. The van der Waals surface area contributed by atoms with Crippen LogP contribution in [0.3, 0.4) is 0 Å². The van der Waals surface area contributed by atoms with Gasteiger partial charge < -0.3 is 15.0 Å². The molecule has 0 aliphatic heterocycles. The Morgan fingerprint density at radius 3 is 2.75 bits per heavy atom. The van der Waals surface area contributed by atoms with Crippen molar-refractivity contribution in [2.24, 2.45) is 5.92 Å². The summed E-state index contributed by atoms with van der Waals surface area (Å²) in [6.45, 7) is 2.13. The number of aromatic nitrogens is 1. The van der Waals surface area contributed by atoms with Crippen LogP contribution < -0.4 is 5.32 Å². The molecule has 2 aliphatic carbocycles. The van der Waals surface area contributed by atoms with Gasteiger partial charge in [0, 0.05) is 11.6 Å². The molecule has 2 N–H and O–H groups in total. The SMILES string of the molecule is CCOC(=O)c1c(NC(=O)C2CC2)[nH]c2c1CCCC2. The number of carbonyl (C=O) groups excluding carboxylic acids is 2. The number of anilines is 1. The van der Waals surface area contributed by atoms with Crippen LogP contribution in [0.25, 0.3) is 0 Å². The molecule has 5 nitrogen and oxygen atoms in total. The molecular formula is C15H20N2O3. The number of esters is 1. The molecule has 1 fully saturated rings. The quantitative estimate of drug-likeness (QED) is 0.830. The van der Waals surface area contributed by atoms with Crippen molar-refractivity contribution in [3.8, 4) is 0 Å². The van der Waals surface area contributed by atoms with Crippen LogP contribution in [-0.2, 0) is 22.4 Å². The van der Waals surface area contributed by atoms with Crippen LogP contribution in [0, 0.1) is 5.92 Å². The minimum atomic E-state index is -0.335. The zero-order chi connectivity index (χ0) is 14.1. The van der Waals surface area contributed by atoms with Crippen molar-refractivity contribution < 1.29 is 14.3 Å². The largest absolute Gasteiger partial charge is 0.462 e. The number of fused-ring (bicyclic) bond motifs is 1. The summed E-state index contributed by atoms with van der Waals surface area (Å²) >= 11 is 0. The second-order valence-electron chi connectivity index (χ2n) is 5.52. The number of hydrogen-bond acceptors (Lipinski definition) is 3. The molecule has 1 saturated carbocycles. The van der Waals surface area contributed by atoms with E-state index in [0.717, 1.165) is 49.8 Å². The van der Waals surface area contributed by atoms with E-state index < -0.39 is 0 Å². The van der Waals surface area contributed by atoms with Gasteiger partial charge in [-0.05, 0) is 51.0 Å². The maximum atomic E-state index is 12.2. The maximum Gasteiger partial charge on any atom is 0.342 e. The van der Waals surface area contributed by atoms with Gasteiger partial charge in [-0.15, -0.1) is 0 Å². The monoisotopic (exact) mass is 276 g/mol. The smallest absolute Gasteiger partial charge is 0.342 e. The number of hydrogen-bond donors (Lipinski definition) is 2. The first-order valence-electron chi connectivity index (χ1n) is 7.42. The lowest BCUT2D eigenvalue weighted by Gasteiger charge is -2.12. The second-order valence-corrected chi connectivity index (χ2v) is 5.52. The number of carbonyl (C=O) groups is 2. The van der Waals surface area contributed by atoms with Crippen LogP contribution in [-0.4, -0.2) is 23.5 Å². The van der Waals surface area contributed by atoms with Crippen molar-refractivity contribution in [3.63, 3.8) is 0 Å². The summed E-state index contributed by atoms with van der Waals surface area (Å²) in [7, 11) is 0. The van der Waals surface area contributed by atoms with Gasteiger partial charge in [-0.2, -0.15) is 0 Å². The predicted octanol–water partition coefficient (Wildman–Crippen LogP) is 2.42. The van der Waals surface area contributed by atoms with Crippen LogP contribution in [0.5, 0.6) is 0 Å². The molecule has 0 aromatic carbocycles. The summed E-state index contributed by atoms with van der Waals surface area (Å²) in [4.78, 5) is 27.3. The lowest BCUT2D eigenvalue weighted by atomic mass is 9.95. The number of ether oxygens (including phenoxy) is 1. The maximum absolute atomic E-state index is 12.2. The summed E-state index contributed by atoms with van der Waals surface area (Å²) in [6.07, 6.45) is 5.89. The average molecular weight is 276 g/mol. The number of aryl methyl sites for hydroxylation is 1. The van der Waals surface area contributed by atoms with E-state index >= 15 is 0 Å². The molecule has 5 heteroatoms. The van der Waals surface area contributed by atoms with Crippen molar-refractivity contribution in [2.75, 3.05) is 11.9 Å². The Labute approximate surface area is 118 Å². The number of amides is 1. The second kappa shape index (κ2) is 5.31. The lowest BCUT2D eigenvalue weighted by Crippen LogP contribution is -2.17. The molecule has 1 aromatic heterocycles. The van der Waals surface area contributed by atoms with Crippen LogP contribution in [0.2, 0.25) is 0 Å². The van der Waals surface area contributed by atoms with Gasteiger partial charge in [0.2, 0.25) is 5.91 Å². The van der Waals surface area contributed by atoms with Crippen molar-refractivity contribution in [3.05, 3.63) is 16.8 Å². The molecule has 3 rings (SSSR count). The van der Waals surface area contributed by atoms with Gasteiger partial charge in [-0.3, -0.25) is 4.79 Å². The average Bonchev–Trinajstić information content (AvgIpc) is 3.21. The fraction of sp³-hybridized carbons (Fsp3) is 0.600. The van der Waals surface area contributed by atoms with E-state index in [0.29, 0.717) is 18.0 Å². The molecule has 1 heterocycles. The van der Waals surface area contributed by atoms with Crippen molar-refractivity contribution in [1.82, 2.24) is 4.98 Å². The highest BCUT2D eigenvalue weighted by Gasteiger charge is 2.32. The normalized spacial score (nSPS) is 17.4. The van der Waals surface area contributed by atoms with Crippen LogP contribution in [0.15, 0.2) is 0 Å². The summed E-state index contributed by atoms with van der Waals surface area (Å²) in [6, 6.07) is 0. The molecule has 1 amide bonds. The zero-order valence-corrected chi connectivity index (χ0v) is 11.8. The minimum Gasteiger partial charge on any atom is -0.462 e. The molecule has 0 saturated heterocycles. The first-order chi connectivity index (χ1) is 9.70. The molecule has 0 unspecified atom stereocenters. The fourth-order valence-electron chi connectivity index (χ4n) is 2.78. The molecule has 0 radical (unpaired) electrons. The van der Waals surface area contributed by atoms with Gasteiger partial charge in [0.15, 0.2) is 0 Å². The highest BCUT2D eigenvalue weighted by atomic mass is 16.5. The molecule has 2 aliphatic rings. The third-order valence-corrected chi connectivity index (χ3v) is 3.97. The lowest BCUT2D eigenvalue weighted by molar-refractivity contribution is -0.117. The Morgan fingerprint density at radius 2 is 2.05 bits per heavy atom. The topological polar surface area (TPSA) is 71.2 Å². The van der Waals surface area contributed by atoms with Crippen LogP contribution in [0.4, 0.5) is 5.82 Å². The van der Waals surface area contributed by atoms with Gasteiger partial charge in [-0.25, -0.2) is 4.79 Å². The third-order valence-electron chi connectivity index (χ3n) is 3.97. The predicted molar refractivity (Wildman–Crippen MR) is 74.7 cm³/mol. The third kappa shape index (κ3) is 2.44. The van der Waals surface area contributed by atoms with E-state index in [-0.39, 0.29) is 17.8 Å². The summed E-state index contributed by atoms with van der Waals surface area (Å²) < 4.78 is 5.14. The van der Waals surface area contributed by atoms with Crippen molar-refractivity contribution >= 4 is 17.7 Å². The minimum absolute atomic E-state index is 0.00847. The van der Waals surface area contributed by atoms with E-state index in [1.54, 1.807) is 6.92 Å². The van der Waals surface area contributed by atoms with Crippen LogP contribution in [0.1, 0.15) is 54.2 Å². The van der Waals surface area contributed by atoms with E-state index in [9.17, 15) is 9.59 Å². The standard InChI is InChI=1S/C15H20N2O3/c1-2-20-15(19)12-10-5-3-4-6-11(10)16-13(12)17-14(18)9-7-8-9/h9,16H,2-8H2,1H3,(H,17,18). The number of nitrogens with one attached hydrogen (secondary N) is 2. The van der Waals surface area contributed by atoms with E-state index in [1.165, 1.54) is 0 Å². The summed E-state index contributed by atoms with van der Waals surface area (Å²) in [5.41, 5.74) is 2.64. The molecular weight excluding hydrogens is 256 g/mol. The molecule has 20 heavy (non-hydrogen) atoms.